The van der Waals surface area contributed by atoms with Crippen molar-refractivity contribution in [3.63, 3.8) is 0 Å². The molecule has 2 aliphatic heterocycles. The average Bonchev–Trinajstić information content (AvgIpc) is 3.02. The Balaban J connectivity index is 1.57. The fourth-order valence-corrected chi connectivity index (χ4v) is 4.83. The molecule has 32 heavy (non-hydrogen) atoms. The first-order valence-electron chi connectivity index (χ1n) is 11.1. The van der Waals surface area contributed by atoms with Crippen LogP contribution in [-0.4, -0.2) is 62.8 Å². The van der Waals surface area contributed by atoms with Crippen molar-refractivity contribution in [2.45, 2.75) is 38.3 Å². The first kappa shape index (κ1) is 23.1. The number of anilines is 1. The third-order valence-electron chi connectivity index (χ3n) is 6.33. The largest absolute Gasteiger partial charge is 0.456 e. The third kappa shape index (κ3) is 4.79. The molecule has 2 aromatic rings. The zero-order chi connectivity index (χ0) is 22.9. The second kappa shape index (κ2) is 9.40. The highest BCUT2D eigenvalue weighted by Gasteiger charge is 2.39. The van der Waals surface area contributed by atoms with Crippen molar-refractivity contribution in [2.24, 2.45) is 0 Å². The average molecular weight is 458 g/mol. The number of carbonyl (C=O) groups excluding carboxylic acids is 1. The van der Waals surface area contributed by atoms with E-state index in [4.69, 9.17) is 21.1 Å². The monoisotopic (exact) mass is 457 g/mol. The lowest BCUT2D eigenvalue weighted by Crippen LogP contribution is -2.59. The summed E-state index contributed by atoms with van der Waals surface area (Å²) in [5.41, 5.74) is 1.94. The Morgan fingerprint density at radius 2 is 2.03 bits per heavy atom. The van der Waals surface area contributed by atoms with Crippen molar-refractivity contribution in [1.29, 1.82) is 0 Å². The van der Waals surface area contributed by atoms with Crippen molar-refractivity contribution in [1.82, 2.24) is 10.2 Å². The third-order valence-corrected chi connectivity index (χ3v) is 6.64. The molecule has 2 aliphatic rings. The van der Waals surface area contributed by atoms with E-state index in [1.807, 2.05) is 35.2 Å². The minimum atomic E-state index is -0.128. The maximum Gasteiger partial charge on any atom is 0.241 e. The summed E-state index contributed by atoms with van der Waals surface area (Å²) in [5, 5.41) is 4.03. The van der Waals surface area contributed by atoms with Crippen LogP contribution in [0.5, 0.6) is 11.5 Å². The number of ether oxygens (including phenoxy) is 2. The Labute approximate surface area is 195 Å². The van der Waals surface area contributed by atoms with Crippen LogP contribution in [0.4, 0.5) is 5.69 Å². The van der Waals surface area contributed by atoms with Crippen LogP contribution in [0.1, 0.15) is 26.3 Å². The number of nitrogens with one attached hydrogen (secondary N) is 1. The van der Waals surface area contributed by atoms with E-state index in [0.29, 0.717) is 42.3 Å². The van der Waals surface area contributed by atoms with Gasteiger partial charge in [0.1, 0.15) is 11.5 Å². The van der Waals surface area contributed by atoms with Gasteiger partial charge in [0.25, 0.3) is 0 Å². The van der Waals surface area contributed by atoms with Crippen LogP contribution in [0.3, 0.4) is 0 Å². The van der Waals surface area contributed by atoms with Gasteiger partial charge < -0.3 is 19.7 Å². The molecule has 0 unspecified atom stereocenters. The molecule has 4 rings (SSSR count). The number of amides is 1. The number of benzene rings is 2. The quantitative estimate of drug-likeness (QED) is 0.708. The Morgan fingerprint density at radius 1 is 1.25 bits per heavy atom. The second-order valence-electron chi connectivity index (χ2n) is 9.42. The number of fused-ring (bicyclic) bond motifs is 1. The molecule has 0 saturated carbocycles. The smallest absolute Gasteiger partial charge is 0.241 e. The van der Waals surface area contributed by atoms with Gasteiger partial charge in [0, 0.05) is 50.3 Å². The molecule has 1 N–H and O–H groups in total. The number of rotatable bonds is 6. The van der Waals surface area contributed by atoms with Gasteiger partial charge >= 0.3 is 0 Å². The SMILES string of the molecule is COC[C@H]1CN[C@H](C)CN1CC(=O)N1CC(C)(C)c2ccc(Oc3ccccc3Cl)cc21. The summed E-state index contributed by atoms with van der Waals surface area (Å²) in [5.74, 6) is 1.36. The van der Waals surface area contributed by atoms with Gasteiger partial charge in [-0.05, 0) is 30.7 Å². The van der Waals surface area contributed by atoms with Crippen molar-refractivity contribution >= 4 is 23.2 Å². The van der Waals surface area contributed by atoms with Gasteiger partial charge in [0.05, 0.1) is 23.9 Å². The number of hydrogen-bond acceptors (Lipinski definition) is 5. The van der Waals surface area contributed by atoms with Gasteiger partial charge in [0.2, 0.25) is 5.91 Å². The molecule has 7 heteroatoms. The van der Waals surface area contributed by atoms with Crippen LogP contribution in [0, 0.1) is 0 Å². The van der Waals surface area contributed by atoms with Crippen LogP contribution in [0.15, 0.2) is 42.5 Å². The Morgan fingerprint density at radius 3 is 2.78 bits per heavy atom. The second-order valence-corrected chi connectivity index (χ2v) is 9.83. The molecular formula is C25H32ClN3O3. The number of hydrogen-bond donors (Lipinski definition) is 1. The number of methoxy groups -OCH3 is 1. The Kier molecular flexibility index (Phi) is 6.77. The molecule has 1 saturated heterocycles. The lowest BCUT2D eigenvalue weighted by Gasteiger charge is -2.39. The Bertz CT molecular complexity index is 981. The molecule has 2 atom stereocenters. The molecule has 2 aromatic carbocycles. The number of para-hydroxylation sites is 1. The van der Waals surface area contributed by atoms with E-state index < -0.39 is 0 Å². The summed E-state index contributed by atoms with van der Waals surface area (Å²) < 4.78 is 11.4. The highest BCUT2D eigenvalue weighted by Crippen LogP contribution is 2.43. The molecule has 1 fully saturated rings. The first-order valence-corrected chi connectivity index (χ1v) is 11.5. The number of nitrogens with zero attached hydrogens (tertiary/aromatic N) is 2. The van der Waals surface area contributed by atoms with Gasteiger partial charge in [-0.1, -0.05) is 43.6 Å². The van der Waals surface area contributed by atoms with Crippen LogP contribution in [0.25, 0.3) is 0 Å². The molecule has 0 spiro atoms. The molecule has 0 aliphatic carbocycles. The van der Waals surface area contributed by atoms with Crippen LogP contribution in [-0.2, 0) is 14.9 Å². The highest BCUT2D eigenvalue weighted by molar-refractivity contribution is 6.32. The number of halogens is 1. The van der Waals surface area contributed by atoms with Crippen LogP contribution < -0.4 is 15.0 Å². The summed E-state index contributed by atoms with van der Waals surface area (Å²) in [7, 11) is 1.71. The van der Waals surface area contributed by atoms with Gasteiger partial charge in [-0.3, -0.25) is 9.69 Å². The maximum atomic E-state index is 13.5. The fourth-order valence-electron chi connectivity index (χ4n) is 4.65. The lowest BCUT2D eigenvalue weighted by atomic mass is 9.87. The molecule has 0 aromatic heterocycles. The van der Waals surface area contributed by atoms with E-state index in [1.165, 1.54) is 0 Å². The zero-order valence-electron chi connectivity index (χ0n) is 19.2. The predicted molar refractivity (Wildman–Crippen MR) is 128 cm³/mol. The molecule has 6 nitrogen and oxygen atoms in total. The molecular weight excluding hydrogens is 426 g/mol. The summed E-state index contributed by atoms with van der Waals surface area (Å²) in [6.45, 7) is 9.75. The van der Waals surface area contributed by atoms with Crippen molar-refractivity contribution in [2.75, 3.05) is 44.8 Å². The highest BCUT2D eigenvalue weighted by atomic mass is 35.5. The van der Waals surface area contributed by atoms with E-state index in [2.05, 4.69) is 37.1 Å². The topological polar surface area (TPSA) is 54.0 Å². The lowest BCUT2D eigenvalue weighted by molar-refractivity contribution is -0.121. The normalized spacial score (nSPS) is 22.6. The zero-order valence-corrected chi connectivity index (χ0v) is 20.0. The fraction of sp³-hybridized carbons (Fsp3) is 0.480. The molecule has 0 bridgehead atoms. The van der Waals surface area contributed by atoms with Gasteiger partial charge in [-0.15, -0.1) is 0 Å². The number of piperazine rings is 1. The molecule has 172 valence electrons. The summed E-state index contributed by atoms with van der Waals surface area (Å²) in [6.07, 6.45) is 0. The van der Waals surface area contributed by atoms with Crippen molar-refractivity contribution < 1.29 is 14.3 Å². The predicted octanol–water partition coefficient (Wildman–Crippen LogP) is 4.07. The minimum absolute atomic E-state index is 0.0990. The minimum Gasteiger partial charge on any atom is -0.456 e. The molecule has 1 amide bonds. The van der Waals surface area contributed by atoms with Gasteiger partial charge in [-0.2, -0.15) is 0 Å². The van der Waals surface area contributed by atoms with E-state index in [9.17, 15) is 4.79 Å². The van der Waals surface area contributed by atoms with Crippen LogP contribution in [0.2, 0.25) is 5.02 Å². The van der Waals surface area contributed by atoms with Gasteiger partial charge in [-0.25, -0.2) is 0 Å². The Hall–Kier alpha value is -2.12. The van der Waals surface area contributed by atoms with E-state index in [1.54, 1.807) is 13.2 Å². The maximum absolute atomic E-state index is 13.5. The summed E-state index contributed by atoms with van der Waals surface area (Å²) in [6, 6.07) is 13.9. The van der Waals surface area contributed by atoms with E-state index in [0.717, 1.165) is 24.3 Å². The van der Waals surface area contributed by atoms with Crippen LogP contribution >= 0.6 is 11.6 Å². The molecule has 2 heterocycles. The summed E-state index contributed by atoms with van der Waals surface area (Å²) in [4.78, 5) is 17.7. The van der Waals surface area contributed by atoms with E-state index >= 15 is 0 Å². The van der Waals surface area contributed by atoms with Crippen molar-refractivity contribution in [3.8, 4) is 11.5 Å². The standard InChI is InChI=1S/C25H32ClN3O3/c1-17-13-28(18(12-27-17)15-31-4)14-24(30)29-16-25(2,3)20-10-9-19(11-22(20)29)32-23-8-6-5-7-21(23)26/h5-11,17-18,27H,12-16H2,1-4H3/t17-,18-/m1/s1. The van der Waals surface area contributed by atoms with Crippen molar-refractivity contribution in [3.05, 3.63) is 53.1 Å². The molecule has 0 radical (unpaired) electrons. The van der Waals surface area contributed by atoms with Gasteiger partial charge in [0.15, 0.2) is 0 Å². The van der Waals surface area contributed by atoms with E-state index in [-0.39, 0.29) is 17.4 Å². The summed E-state index contributed by atoms with van der Waals surface area (Å²) >= 11 is 6.27. The number of carbonyl (C=O) groups is 1. The first-order chi connectivity index (χ1) is 15.3.